The summed E-state index contributed by atoms with van der Waals surface area (Å²) in [6.45, 7) is 1.72. The molecule has 1 aliphatic rings. The molecule has 2 aromatic rings. The van der Waals surface area contributed by atoms with Crippen LogP contribution in [0.15, 0.2) is 76.5 Å². The highest BCUT2D eigenvalue weighted by Crippen LogP contribution is 2.43. The zero-order valence-corrected chi connectivity index (χ0v) is 18.0. The number of rotatable bonds is 7. The molecule has 0 unspecified atom stereocenters. The number of primary amides is 1. The van der Waals surface area contributed by atoms with Crippen LogP contribution >= 0.6 is 11.8 Å². The van der Waals surface area contributed by atoms with Gasteiger partial charge in [0.2, 0.25) is 11.8 Å². The fourth-order valence-electron chi connectivity index (χ4n) is 3.43. The number of carbonyl (C=O) groups is 2. The van der Waals surface area contributed by atoms with Gasteiger partial charge in [0.05, 0.1) is 35.5 Å². The van der Waals surface area contributed by atoms with Crippen LogP contribution in [-0.2, 0) is 9.59 Å². The summed E-state index contributed by atoms with van der Waals surface area (Å²) < 4.78 is 5.46. The maximum atomic E-state index is 12.4. The van der Waals surface area contributed by atoms with Gasteiger partial charge in [-0.1, -0.05) is 48.2 Å². The maximum Gasteiger partial charge on any atom is 0.247 e. The zero-order chi connectivity index (χ0) is 22.4. The summed E-state index contributed by atoms with van der Waals surface area (Å²) in [5.41, 5.74) is 8.15. The Morgan fingerprint density at radius 2 is 1.87 bits per heavy atom. The van der Waals surface area contributed by atoms with Gasteiger partial charge in [-0.15, -0.1) is 0 Å². The summed E-state index contributed by atoms with van der Waals surface area (Å²) >= 11 is 1.19. The Kier molecular flexibility index (Phi) is 7.00. The highest BCUT2D eigenvalue weighted by atomic mass is 32.2. The second-order valence-corrected chi connectivity index (χ2v) is 7.75. The number of amides is 2. The van der Waals surface area contributed by atoms with Crippen LogP contribution in [0.2, 0.25) is 0 Å². The van der Waals surface area contributed by atoms with Gasteiger partial charge < -0.3 is 21.1 Å². The summed E-state index contributed by atoms with van der Waals surface area (Å²) in [5, 5.41) is 16.4. The molecule has 8 heteroatoms. The molecule has 2 amide bonds. The van der Waals surface area contributed by atoms with Crippen LogP contribution < -0.4 is 21.1 Å². The van der Waals surface area contributed by atoms with Gasteiger partial charge in [-0.3, -0.25) is 9.59 Å². The number of methoxy groups -OCH3 is 1. The van der Waals surface area contributed by atoms with Crippen molar-refractivity contribution in [1.82, 2.24) is 5.32 Å². The third-order valence-electron chi connectivity index (χ3n) is 4.77. The Hall–Kier alpha value is -3.70. The van der Waals surface area contributed by atoms with E-state index in [9.17, 15) is 14.9 Å². The van der Waals surface area contributed by atoms with E-state index in [0.29, 0.717) is 38.9 Å². The Balaban J connectivity index is 1.93. The highest BCUT2D eigenvalue weighted by Gasteiger charge is 2.35. The summed E-state index contributed by atoms with van der Waals surface area (Å²) in [4.78, 5) is 24.7. The Morgan fingerprint density at radius 3 is 2.52 bits per heavy atom. The number of hydrogen-bond acceptors (Lipinski definition) is 6. The smallest absolute Gasteiger partial charge is 0.247 e. The van der Waals surface area contributed by atoms with Crippen molar-refractivity contribution in [2.45, 2.75) is 12.8 Å². The molecule has 0 spiro atoms. The fraction of sp³-hybridized carbons (Fsp3) is 0.174. The van der Waals surface area contributed by atoms with E-state index in [4.69, 9.17) is 10.5 Å². The van der Waals surface area contributed by atoms with E-state index in [1.807, 2.05) is 30.3 Å². The number of benzene rings is 2. The lowest BCUT2D eigenvalue weighted by Gasteiger charge is -2.29. The number of nitrogens with two attached hydrogens (primary N) is 1. The van der Waals surface area contributed by atoms with Crippen molar-refractivity contribution in [3.63, 3.8) is 0 Å². The molecule has 158 valence electrons. The minimum Gasteiger partial charge on any atom is -0.496 e. The van der Waals surface area contributed by atoms with E-state index in [0.717, 1.165) is 0 Å². The maximum absolute atomic E-state index is 12.4. The van der Waals surface area contributed by atoms with E-state index in [1.165, 1.54) is 18.9 Å². The minimum atomic E-state index is -0.695. The monoisotopic (exact) mass is 434 g/mol. The van der Waals surface area contributed by atoms with Gasteiger partial charge in [0, 0.05) is 22.5 Å². The predicted molar refractivity (Wildman–Crippen MR) is 121 cm³/mol. The lowest BCUT2D eigenvalue weighted by Crippen LogP contribution is -2.31. The van der Waals surface area contributed by atoms with Crippen LogP contribution in [0.3, 0.4) is 0 Å². The van der Waals surface area contributed by atoms with Crippen LogP contribution in [0.1, 0.15) is 18.4 Å². The minimum absolute atomic E-state index is 0.0836. The van der Waals surface area contributed by atoms with Crippen LogP contribution in [0, 0.1) is 11.3 Å². The summed E-state index contributed by atoms with van der Waals surface area (Å²) in [6, 6.07) is 18.5. The van der Waals surface area contributed by atoms with Gasteiger partial charge >= 0.3 is 0 Å². The van der Waals surface area contributed by atoms with Crippen LogP contribution in [-0.4, -0.2) is 24.7 Å². The number of anilines is 1. The number of ether oxygens (including phenoxy) is 1. The summed E-state index contributed by atoms with van der Waals surface area (Å²) in [6.07, 6.45) is 0. The van der Waals surface area contributed by atoms with E-state index in [-0.39, 0.29) is 11.7 Å². The normalized spacial score (nSPS) is 15.7. The molecular weight excluding hydrogens is 412 g/mol. The first kappa shape index (κ1) is 22.0. The first-order valence-corrected chi connectivity index (χ1v) is 10.5. The SMILES string of the molecule is COc1ccccc1[C@H]1C(C#N)=C(SCC(=O)Nc2ccccc2)NC(C)=C1C(N)=O. The third kappa shape index (κ3) is 4.90. The lowest BCUT2D eigenvalue weighted by atomic mass is 9.82. The number of carbonyl (C=O) groups excluding carboxylic acids is 2. The van der Waals surface area contributed by atoms with Crippen molar-refractivity contribution in [3.8, 4) is 11.8 Å². The van der Waals surface area contributed by atoms with E-state index in [1.54, 1.807) is 31.2 Å². The second-order valence-electron chi connectivity index (χ2n) is 6.76. The van der Waals surface area contributed by atoms with Crippen molar-refractivity contribution in [3.05, 3.63) is 82.0 Å². The average Bonchev–Trinajstić information content (AvgIpc) is 2.77. The third-order valence-corrected chi connectivity index (χ3v) is 5.79. The molecule has 1 atom stereocenters. The van der Waals surface area contributed by atoms with Crippen molar-refractivity contribution in [2.24, 2.45) is 5.73 Å². The molecule has 0 aromatic heterocycles. The molecule has 0 aliphatic carbocycles. The number of nitriles is 1. The number of nitrogens with one attached hydrogen (secondary N) is 2. The quantitative estimate of drug-likeness (QED) is 0.616. The Morgan fingerprint density at radius 1 is 1.19 bits per heavy atom. The van der Waals surface area contributed by atoms with Gasteiger partial charge in [0.25, 0.3) is 0 Å². The molecule has 0 saturated carbocycles. The molecule has 3 rings (SSSR count). The molecule has 1 heterocycles. The fourth-order valence-corrected chi connectivity index (χ4v) is 4.32. The standard InChI is InChI=1S/C23H22N4O3S/c1-14-20(22(25)29)21(16-10-6-7-11-18(16)30-2)17(12-24)23(26-14)31-13-19(28)27-15-8-4-3-5-9-15/h3-11,21,26H,13H2,1-2H3,(H2,25,29)(H,27,28)/t21-/m0/s1. The molecule has 31 heavy (non-hydrogen) atoms. The highest BCUT2D eigenvalue weighted by molar-refractivity contribution is 8.03. The number of nitrogens with zero attached hydrogens (tertiary/aromatic N) is 1. The molecule has 4 N–H and O–H groups in total. The molecule has 0 saturated heterocycles. The summed E-state index contributed by atoms with van der Waals surface area (Å²) in [7, 11) is 1.53. The van der Waals surface area contributed by atoms with Crippen molar-refractivity contribution in [2.75, 3.05) is 18.2 Å². The average molecular weight is 435 g/mol. The predicted octanol–water partition coefficient (Wildman–Crippen LogP) is 3.25. The number of para-hydroxylation sites is 2. The zero-order valence-electron chi connectivity index (χ0n) is 17.1. The summed E-state index contributed by atoms with van der Waals surface area (Å²) in [5.74, 6) is -0.904. The van der Waals surface area contributed by atoms with Gasteiger partial charge in [-0.2, -0.15) is 5.26 Å². The lowest BCUT2D eigenvalue weighted by molar-refractivity contribution is -0.115. The Labute approximate surface area is 185 Å². The molecule has 0 radical (unpaired) electrons. The van der Waals surface area contributed by atoms with Gasteiger partial charge in [-0.25, -0.2) is 0 Å². The number of allylic oxidation sites excluding steroid dienone is 2. The van der Waals surface area contributed by atoms with Gasteiger partial charge in [-0.05, 0) is 25.1 Å². The van der Waals surface area contributed by atoms with Gasteiger partial charge in [0.1, 0.15) is 5.75 Å². The molecule has 1 aliphatic heterocycles. The van der Waals surface area contributed by atoms with E-state index < -0.39 is 11.8 Å². The molecule has 0 bridgehead atoms. The molecular formula is C23H22N4O3S. The van der Waals surface area contributed by atoms with Gasteiger partial charge in [0.15, 0.2) is 0 Å². The second kappa shape index (κ2) is 9.87. The molecule has 7 nitrogen and oxygen atoms in total. The number of thioether (sulfide) groups is 1. The van der Waals surface area contributed by atoms with Crippen LogP contribution in [0.25, 0.3) is 0 Å². The van der Waals surface area contributed by atoms with E-state index >= 15 is 0 Å². The van der Waals surface area contributed by atoms with Crippen molar-refractivity contribution in [1.29, 1.82) is 5.26 Å². The molecule has 2 aromatic carbocycles. The number of dihydropyridines is 1. The topological polar surface area (TPSA) is 117 Å². The largest absolute Gasteiger partial charge is 0.496 e. The van der Waals surface area contributed by atoms with E-state index in [2.05, 4.69) is 16.7 Å². The van der Waals surface area contributed by atoms with Crippen LogP contribution in [0.5, 0.6) is 5.75 Å². The van der Waals surface area contributed by atoms with Crippen molar-refractivity contribution >= 4 is 29.3 Å². The number of hydrogen-bond donors (Lipinski definition) is 3. The first-order valence-electron chi connectivity index (χ1n) is 9.48. The van der Waals surface area contributed by atoms with Crippen LogP contribution in [0.4, 0.5) is 5.69 Å². The molecule has 0 fully saturated rings. The first-order chi connectivity index (χ1) is 15.0. The Bertz CT molecular complexity index is 1100. The van der Waals surface area contributed by atoms with Crippen molar-refractivity contribution < 1.29 is 14.3 Å².